The predicted molar refractivity (Wildman–Crippen MR) is 118 cm³/mol. The first-order valence-electron chi connectivity index (χ1n) is 8.76. The number of nitrogens with one attached hydrogen (secondary N) is 1. The second-order valence-corrected chi connectivity index (χ2v) is 9.18. The van der Waals surface area contributed by atoms with Gasteiger partial charge in [0.1, 0.15) is 5.58 Å². The van der Waals surface area contributed by atoms with Crippen LogP contribution in [0.2, 0.25) is 0 Å². The zero-order valence-electron chi connectivity index (χ0n) is 15.5. The van der Waals surface area contributed by atoms with Gasteiger partial charge in [-0.1, -0.05) is 15.9 Å². The van der Waals surface area contributed by atoms with E-state index in [0.717, 1.165) is 10.5 Å². The Morgan fingerprint density at radius 2 is 1.58 bits per heavy atom. The predicted octanol–water partition coefficient (Wildman–Crippen LogP) is 4.14. The fraction of sp³-hybridized carbons (Fsp3) is 0. The number of phenolic OH excluding ortho intramolecular Hbond substituents is 2. The summed E-state index contributed by atoms with van der Waals surface area (Å²) in [5, 5.41) is 29.4. The molecule has 0 saturated carbocycles. The van der Waals surface area contributed by atoms with E-state index >= 15 is 0 Å². The number of phenols is 2. The van der Waals surface area contributed by atoms with E-state index in [1.807, 2.05) is 0 Å². The van der Waals surface area contributed by atoms with E-state index in [2.05, 4.69) is 20.7 Å². The lowest BCUT2D eigenvalue weighted by Crippen LogP contribution is -2.13. The highest BCUT2D eigenvalue weighted by Crippen LogP contribution is 2.35. The molecule has 0 atom stereocenters. The first-order chi connectivity index (χ1) is 14.7. The summed E-state index contributed by atoms with van der Waals surface area (Å²) < 4.78 is 33.9. The van der Waals surface area contributed by atoms with Gasteiger partial charge in [-0.3, -0.25) is 9.52 Å². The summed E-state index contributed by atoms with van der Waals surface area (Å²) in [6.45, 7) is 0. The second-order valence-electron chi connectivity index (χ2n) is 6.58. The largest absolute Gasteiger partial charge is 0.504 e. The number of hydrogen-bond acceptors (Lipinski definition) is 7. The number of anilines is 1. The third kappa shape index (κ3) is 3.94. The van der Waals surface area contributed by atoms with Crippen LogP contribution >= 0.6 is 15.9 Å². The number of sulfonamides is 1. The van der Waals surface area contributed by atoms with Crippen molar-refractivity contribution >= 4 is 42.6 Å². The fourth-order valence-electron chi connectivity index (χ4n) is 2.94. The standard InChI is InChI=1S/C21H14BrNO7S/c22-12-2-5-14(6-3-12)31(28,29)23-13-4-8-18-15(10-13)19(26)20(27)21(30-18)11-1-7-16(24)17(25)9-11/h1-10,23-25,27H. The fourth-order valence-corrected chi connectivity index (χ4v) is 4.25. The normalized spacial score (nSPS) is 11.5. The van der Waals surface area contributed by atoms with Gasteiger partial charge in [-0.2, -0.15) is 0 Å². The Hall–Kier alpha value is -3.50. The van der Waals surface area contributed by atoms with E-state index in [4.69, 9.17) is 4.42 Å². The van der Waals surface area contributed by atoms with Gasteiger partial charge in [0.05, 0.1) is 10.3 Å². The van der Waals surface area contributed by atoms with Gasteiger partial charge in [0.25, 0.3) is 10.0 Å². The maximum absolute atomic E-state index is 12.7. The number of rotatable bonds is 4. The van der Waals surface area contributed by atoms with E-state index in [0.29, 0.717) is 0 Å². The molecule has 31 heavy (non-hydrogen) atoms. The van der Waals surface area contributed by atoms with Crippen LogP contribution in [0.3, 0.4) is 0 Å². The van der Waals surface area contributed by atoms with E-state index in [-0.39, 0.29) is 38.6 Å². The smallest absolute Gasteiger partial charge is 0.261 e. The molecule has 0 saturated heterocycles. The van der Waals surface area contributed by atoms with Gasteiger partial charge in [-0.15, -0.1) is 0 Å². The molecule has 4 aromatic rings. The van der Waals surface area contributed by atoms with Gasteiger partial charge >= 0.3 is 0 Å². The highest BCUT2D eigenvalue weighted by Gasteiger charge is 2.19. The molecule has 1 heterocycles. The molecule has 0 spiro atoms. The molecule has 158 valence electrons. The van der Waals surface area contributed by atoms with Gasteiger partial charge in [0, 0.05) is 15.7 Å². The van der Waals surface area contributed by atoms with Gasteiger partial charge in [0.2, 0.25) is 11.2 Å². The van der Waals surface area contributed by atoms with Crippen LogP contribution in [-0.4, -0.2) is 23.7 Å². The first-order valence-corrected chi connectivity index (χ1v) is 11.0. The molecule has 0 fully saturated rings. The van der Waals surface area contributed by atoms with Crippen molar-refractivity contribution in [2.75, 3.05) is 4.72 Å². The number of hydrogen-bond donors (Lipinski definition) is 4. The molecule has 0 aliphatic rings. The number of aromatic hydroxyl groups is 3. The van der Waals surface area contributed by atoms with Crippen LogP contribution in [0.4, 0.5) is 5.69 Å². The molecule has 1 aromatic heterocycles. The molecule has 3 aromatic carbocycles. The molecule has 0 aliphatic carbocycles. The maximum Gasteiger partial charge on any atom is 0.261 e. The Morgan fingerprint density at radius 1 is 0.871 bits per heavy atom. The van der Waals surface area contributed by atoms with Gasteiger partial charge in [0.15, 0.2) is 17.3 Å². The molecule has 0 amide bonds. The summed E-state index contributed by atoms with van der Waals surface area (Å²) in [6.07, 6.45) is 0. The summed E-state index contributed by atoms with van der Waals surface area (Å²) >= 11 is 3.24. The van der Waals surface area contributed by atoms with Crippen molar-refractivity contribution in [1.29, 1.82) is 0 Å². The van der Waals surface area contributed by atoms with E-state index < -0.39 is 27.0 Å². The van der Waals surface area contributed by atoms with Crippen molar-refractivity contribution in [3.63, 3.8) is 0 Å². The summed E-state index contributed by atoms with van der Waals surface area (Å²) in [4.78, 5) is 12.7. The van der Waals surface area contributed by atoms with Crippen LogP contribution in [0.1, 0.15) is 0 Å². The lowest BCUT2D eigenvalue weighted by Gasteiger charge is -2.10. The lowest BCUT2D eigenvalue weighted by atomic mass is 10.1. The van der Waals surface area contributed by atoms with E-state index in [1.165, 1.54) is 42.5 Å². The minimum atomic E-state index is -3.90. The molecule has 10 heteroatoms. The Balaban J connectivity index is 1.76. The summed E-state index contributed by atoms with van der Waals surface area (Å²) in [6, 6.07) is 13.8. The topological polar surface area (TPSA) is 137 Å². The van der Waals surface area contributed by atoms with Crippen LogP contribution in [0.5, 0.6) is 17.2 Å². The van der Waals surface area contributed by atoms with Crippen molar-refractivity contribution in [3.05, 3.63) is 75.4 Å². The number of halogens is 1. The third-order valence-electron chi connectivity index (χ3n) is 4.48. The van der Waals surface area contributed by atoms with Crippen LogP contribution in [0, 0.1) is 0 Å². The SMILES string of the molecule is O=c1c(O)c(-c2ccc(O)c(O)c2)oc2ccc(NS(=O)(=O)c3ccc(Br)cc3)cc12. The molecule has 8 nitrogen and oxygen atoms in total. The average Bonchev–Trinajstić information content (AvgIpc) is 2.73. The Bertz CT molecular complexity index is 1480. The third-order valence-corrected chi connectivity index (χ3v) is 6.41. The summed E-state index contributed by atoms with van der Waals surface area (Å²) in [5.74, 6) is -1.73. The highest BCUT2D eigenvalue weighted by atomic mass is 79.9. The molecule has 0 unspecified atom stereocenters. The van der Waals surface area contributed by atoms with Gasteiger partial charge in [-0.25, -0.2) is 8.42 Å². The molecule has 4 N–H and O–H groups in total. The van der Waals surface area contributed by atoms with Crippen molar-refractivity contribution < 1.29 is 28.2 Å². The summed E-state index contributed by atoms with van der Waals surface area (Å²) in [5.41, 5.74) is -0.408. The lowest BCUT2D eigenvalue weighted by molar-refractivity contribution is 0.403. The minimum Gasteiger partial charge on any atom is -0.504 e. The monoisotopic (exact) mass is 503 g/mol. The maximum atomic E-state index is 12.7. The Labute approximate surface area is 184 Å². The molecule has 4 rings (SSSR count). The summed E-state index contributed by atoms with van der Waals surface area (Å²) in [7, 11) is -3.90. The van der Waals surface area contributed by atoms with E-state index in [1.54, 1.807) is 12.1 Å². The number of benzene rings is 3. The van der Waals surface area contributed by atoms with Crippen LogP contribution in [0.15, 0.2) is 79.2 Å². The molecular formula is C21H14BrNO7S. The van der Waals surface area contributed by atoms with Crippen molar-refractivity contribution in [1.82, 2.24) is 0 Å². The average molecular weight is 504 g/mol. The van der Waals surface area contributed by atoms with E-state index in [9.17, 15) is 28.5 Å². The first kappa shape index (κ1) is 20.8. The van der Waals surface area contributed by atoms with Crippen molar-refractivity contribution in [2.45, 2.75) is 4.90 Å². The van der Waals surface area contributed by atoms with Crippen LogP contribution in [-0.2, 0) is 10.0 Å². The second kappa shape index (κ2) is 7.64. The molecule has 0 bridgehead atoms. The van der Waals surface area contributed by atoms with Crippen LogP contribution < -0.4 is 10.2 Å². The number of fused-ring (bicyclic) bond motifs is 1. The molecular weight excluding hydrogens is 490 g/mol. The zero-order chi connectivity index (χ0) is 22.3. The Kier molecular flexibility index (Phi) is 5.11. The molecule has 0 aliphatic heterocycles. The molecule has 0 radical (unpaired) electrons. The van der Waals surface area contributed by atoms with Crippen molar-refractivity contribution in [2.24, 2.45) is 0 Å². The quantitative estimate of drug-likeness (QED) is 0.307. The van der Waals surface area contributed by atoms with Gasteiger partial charge < -0.3 is 19.7 Å². The van der Waals surface area contributed by atoms with Crippen LogP contribution in [0.25, 0.3) is 22.3 Å². The highest BCUT2D eigenvalue weighted by molar-refractivity contribution is 9.10. The van der Waals surface area contributed by atoms with Crippen molar-refractivity contribution in [3.8, 4) is 28.6 Å². The van der Waals surface area contributed by atoms with Gasteiger partial charge in [-0.05, 0) is 60.7 Å². The zero-order valence-corrected chi connectivity index (χ0v) is 17.9. The minimum absolute atomic E-state index is 0.0353. The Morgan fingerprint density at radius 3 is 2.26 bits per heavy atom.